The molecule has 6 nitrogen and oxygen atoms in total. The van der Waals surface area contributed by atoms with Crippen LogP contribution in [-0.2, 0) is 4.79 Å². The van der Waals surface area contributed by atoms with Gasteiger partial charge in [-0.25, -0.2) is 18.0 Å². The van der Waals surface area contributed by atoms with Crippen LogP contribution in [-0.4, -0.2) is 25.6 Å². The highest BCUT2D eigenvalue weighted by Crippen LogP contribution is 2.26. The molecule has 28 heavy (non-hydrogen) atoms. The van der Waals surface area contributed by atoms with Crippen LogP contribution >= 0.6 is 0 Å². The van der Waals surface area contributed by atoms with Crippen LogP contribution in [0, 0.1) is 24.4 Å². The Kier molecular flexibility index (Phi) is 6.86. The van der Waals surface area contributed by atoms with Gasteiger partial charge in [0.1, 0.15) is 5.75 Å². The van der Waals surface area contributed by atoms with Gasteiger partial charge in [-0.2, -0.15) is 0 Å². The van der Waals surface area contributed by atoms with Gasteiger partial charge >= 0.3 is 6.03 Å². The maximum absolute atomic E-state index is 13.5. The number of ether oxygens (including phenoxy) is 1. The standard InChI is InChI=1S/C19H20F3N3O3/c1-10-4-7-15(28-3)12(8-10)11(2)24-19(27)23-9-16(26)25-14-6-5-13(20)17(21)18(14)22/h4-8,11H,9H2,1-3H3,(H,25,26)(H2,23,24,27). The van der Waals surface area contributed by atoms with Gasteiger partial charge in [0.2, 0.25) is 5.91 Å². The van der Waals surface area contributed by atoms with Crippen LogP contribution in [0.25, 0.3) is 0 Å². The van der Waals surface area contributed by atoms with Crippen molar-refractivity contribution in [2.24, 2.45) is 0 Å². The van der Waals surface area contributed by atoms with E-state index in [-0.39, 0.29) is 0 Å². The first-order valence-corrected chi connectivity index (χ1v) is 8.35. The summed E-state index contributed by atoms with van der Waals surface area (Å²) in [6.45, 7) is 3.15. The zero-order valence-electron chi connectivity index (χ0n) is 15.5. The summed E-state index contributed by atoms with van der Waals surface area (Å²) in [5.41, 5.74) is 1.22. The summed E-state index contributed by atoms with van der Waals surface area (Å²) in [5, 5.41) is 7.02. The van der Waals surface area contributed by atoms with E-state index in [1.807, 2.05) is 19.1 Å². The molecule has 0 heterocycles. The van der Waals surface area contributed by atoms with Gasteiger partial charge in [-0.3, -0.25) is 4.79 Å². The highest BCUT2D eigenvalue weighted by Gasteiger charge is 2.17. The normalized spacial score (nSPS) is 11.5. The fourth-order valence-corrected chi connectivity index (χ4v) is 2.49. The van der Waals surface area contributed by atoms with E-state index in [0.717, 1.165) is 17.2 Å². The number of carbonyl (C=O) groups excluding carboxylic acids is 2. The summed E-state index contributed by atoms with van der Waals surface area (Å²) in [7, 11) is 1.52. The molecule has 0 saturated carbocycles. The fraction of sp³-hybridized carbons (Fsp3) is 0.263. The van der Waals surface area contributed by atoms with Crippen LogP contribution in [0.1, 0.15) is 24.1 Å². The molecule has 3 N–H and O–H groups in total. The van der Waals surface area contributed by atoms with Crippen molar-refractivity contribution in [3.05, 3.63) is 58.9 Å². The molecule has 1 atom stereocenters. The first-order chi connectivity index (χ1) is 13.2. The van der Waals surface area contributed by atoms with E-state index in [4.69, 9.17) is 4.74 Å². The molecule has 0 aromatic heterocycles. The summed E-state index contributed by atoms with van der Waals surface area (Å²) in [5.74, 6) is -4.78. The summed E-state index contributed by atoms with van der Waals surface area (Å²) in [6.07, 6.45) is 0. The quantitative estimate of drug-likeness (QED) is 0.656. The maximum atomic E-state index is 13.5. The Balaban J connectivity index is 1.91. The average molecular weight is 395 g/mol. The smallest absolute Gasteiger partial charge is 0.315 e. The number of nitrogens with one attached hydrogen (secondary N) is 3. The van der Waals surface area contributed by atoms with Gasteiger partial charge in [0.05, 0.1) is 25.4 Å². The minimum Gasteiger partial charge on any atom is -0.496 e. The number of halogens is 3. The highest BCUT2D eigenvalue weighted by molar-refractivity contribution is 5.94. The largest absolute Gasteiger partial charge is 0.496 e. The van der Waals surface area contributed by atoms with E-state index in [0.29, 0.717) is 11.8 Å². The first kappa shape index (κ1) is 21.1. The predicted molar refractivity (Wildman–Crippen MR) is 97.6 cm³/mol. The third-order valence-corrected chi connectivity index (χ3v) is 3.92. The number of anilines is 1. The maximum Gasteiger partial charge on any atom is 0.315 e. The van der Waals surface area contributed by atoms with Gasteiger partial charge in [0, 0.05) is 5.56 Å². The average Bonchev–Trinajstić information content (AvgIpc) is 2.66. The van der Waals surface area contributed by atoms with Crippen molar-refractivity contribution in [3.63, 3.8) is 0 Å². The second-order valence-electron chi connectivity index (χ2n) is 6.07. The number of hydrogen-bond donors (Lipinski definition) is 3. The van der Waals surface area contributed by atoms with Crippen molar-refractivity contribution in [1.29, 1.82) is 0 Å². The molecule has 0 fully saturated rings. The molecule has 0 radical (unpaired) electrons. The van der Waals surface area contributed by atoms with Crippen LogP contribution in [0.3, 0.4) is 0 Å². The van der Waals surface area contributed by atoms with Gasteiger partial charge < -0.3 is 20.7 Å². The number of amides is 3. The molecule has 150 valence electrons. The van der Waals surface area contributed by atoms with E-state index in [2.05, 4.69) is 16.0 Å². The molecule has 2 rings (SSSR count). The Morgan fingerprint density at radius 1 is 1.11 bits per heavy atom. The van der Waals surface area contributed by atoms with Crippen molar-refractivity contribution in [2.45, 2.75) is 19.9 Å². The second-order valence-corrected chi connectivity index (χ2v) is 6.07. The lowest BCUT2D eigenvalue weighted by molar-refractivity contribution is -0.115. The Labute approximate surface area is 160 Å². The fourth-order valence-electron chi connectivity index (χ4n) is 2.49. The Hall–Kier alpha value is -3.23. The third kappa shape index (κ3) is 5.15. The van der Waals surface area contributed by atoms with Crippen LogP contribution in [0.2, 0.25) is 0 Å². The van der Waals surface area contributed by atoms with Crippen molar-refractivity contribution < 1.29 is 27.5 Å². The van der Waals surface area contributed by atoms with Gasteiger partial charge in [0.25, 0.3) is 0 Å². The molecular weight excluding hydrogens is 375 g/mol. The molecule has 0 saturated heterocycles. The molecule has 9 heteroatoms. The van der Waals surface area contributed by atoms with E-state index in [1.165, 1.54) is 7.11 Å². The van der Waals surface area contributed by atoms with Crippen molar-refractivity contribution >= 4 is 17.6 Å². The zero-order chi connectivity index (χ0) is 20.8. The minimum absolute atomic E-state index is 0.415. The molecular formula is C19H20F3N3O3. The number of rotatable bonds is 6. The number of urea groups is 1. The van der Waals surface area contributed by atoms with Crippen LogP contribution in [0.5, 0.6) is 5.75 Å². The van der Waals surface area contributed by atoms with Crippen molar-refractivity contribution in [2.75, 3.05) is 19.0 Å². The molecule has 0 aliphatic carbocycles. The third-order valence-electron chi connectivity index (χ3n) is 3.92. The molecule has 2 aromatic carbocycles. The Morgan fingerprint density at radius 2 is 1.82 bits per heavy atom. The Morgan fingerprint density at radius 3 is 2.50 bits per heavy atom. The lowest BCUT2D eigenvalue weighted by Gasteiger charge is -2.18. The lowest BCUT2D eigenvalue weighted by atomic mass is 10.0. The summed E-state index contributed by atoms with van der Waals surface area (Å²) >= 11 is 0. The van der Waals surface area contributed by atoms with E-state index in [9.17, 15) is 22.8 Å². The SMILES string of the molecule is COc1ccc(C)cc1C(C)NC(=O)NCC(=O)Nc1ccc(F)c(F)c1F. The minimum atomic E-state index is -1.69. The number of hydrogen-bond acceptors (Lipinski definition) is 3. The molecule has 2 aromatic rings. The van der Waals surface area contributed by atoms with E-state index >= 15 is 0 Å². The van der Waals surface area contributed by atoms with Crippen molar-refractivity contribution in [1.82, 2.24) is 10.6 Å². The number of benzene rings is 2. The zero-order valence-corrected chi connectivity index (χ0v) is 15.5. The molecule has 0 bridgehead atoms. The highest BCUT2D eigenvalue weighted by atomic mass is 19.2. The van der Waals surface area contributed by atoms with Gasteiger partial charge in [-0.1, -0.05) is 17.7 Å². The van der Waals surface area contributed by atoms with Crippen molar-refractivity contribution in [3.8, 4) is 5.75 Å². The van der Waals surface area contributed by atoms with E-state index in [1.54, 1.807) is 13.0 Å². The molecule has 1 unspecified atom stereocenters. The van der Waals surface area contributed by atoms with Gasteiger partial charge in [-0.15, -0.1) is 0 Å². The summed E-state index contributed by atoms with van der Waals surface area (Å²) in [6, 6.07) is 6.03. The summed E-state index contributed by atoms with van der Waals surface area (Å²) < 4.78 is 44.9. The number of aryl methyl sites for hydroxylation is 1. The lowest BCUT2D eigenvalue weighted by Crippen LogP contribution is -2.41. The molecule has 0 aliphatic rings. The predicted octanol–water partition coefficient (Wildman–Crippen LogP) is 3.42. The van der Waals surface area contributed by atoms with Crippen LogP contribution in [0.4, 0.5) is 23.7 Å². The monoisotopic (exact) mass is 395 g/mol. The summed E-state index contributed by atoms with van der Waals surface area (Å²) in [4.78, 5) is 23.8. The first-order valence-electron chi connectivity index (χ1n) is 8.35. The van der Waals surface area contributed by atoms with E-state index < -0.39 is 47.7 Å². The molecule has 0 spiro atoms. The second kappa shape index (κ2) is 9.12. The number of methoxy groups -OCH3 is 1. The van der Waals surface area contributed by atoms with Gasteiger partial charge in [-0.05, 0) is 32.0 Å². The molecule has 3 amide bonds. The Bertz CT molecular complexity index is 890. The van der Waals surface area contributed by atoms with Gasteiger partial charge in [0.15, 0.2) is 17.5 Å². The molecule has 0 aliphatic heterocycles. The van der Waals surface area contributed by atoms with Crippen LogP contribution < -0.4 is 20.7 Å². The number of carbonyl (C=O) groups is 2. The topological polar surface area (TPSA) is 79.5 Å². The van der Waals surface area contributed by atoms with Crippen LogP contribution in [0.15, 0.2) is 30.3 Å².